The lowest BCUT2D eigenvalue weighted by Gasteiger charge is -2.52. The second kappa shape index (κ2) is 7.43. The van der Waals surface area contributed by atoms with E-state index in [4.69, 9.17) is 0 Å². The van der Waals surface area contributed by atoms with Crippen LogP contribution in [0.15, 0.2) is 24.5 Å². The highest BCUT2D eigenvalue weighted by atomic mass is 32.2. The molecule has 1 aromatic heterocycles. The molecule has 3 atom stereocenters. The van der Waals surface area contributed by atoms with Gasteiger partial charge >= 0.3 is 0 Å². The van der Waals surface area contributed by atoms with Gasteiger partial charge in [0.15, 0.2) is 0 Å². The van der Waals surface area contributed by atoms with Crippen LogP contribution in [0.1, 0.15) is 44.9 Å². The maximum atomic E-state index is 13.4. The molecule has 2 bridgehead atoms. The largest absolute Gasteiger partial charge is 0.348 e. The molecule has 3 unspecified atom stereocenters. The van der Waals surface area contributed by atoms with Gasteiger partial charge in [-0.05, 0) is 67.6 Å². The standard InChI is InChI=1S/C22H31N3O2S/c26-20-5-3-4-19-18-12-17(15-25(19)20)14-23(16-18)21(27)13-22(6-10-28-11-7-22)24-8-1-2-9-24/h1-2,8-9,17-19H,3-7,10-16H2. The number of carbonyl (C=O) groups excluding carboxylic acids is 2. The van der Waals surface area contributed by atoms with Gasteiger partial charge in [-0.2, -0.15) is 11.8 Å². The van der Waals surface area contributed by atoms with Crippen molar-refractivity contribution >= 4 is 23.6 Å². The van der Waals surface area contributed by atoms with Crippen molar-refractivity contribution in [3.63, 3.8) is 0 Å². The Kier molecular flexibility index (Phi) is 4.93. The maximum absolute atomic E-state index is 13.4. The highest BCUT2D eigenvalue weighted by Crippen LogP contribution is 2.40. The summed E-state index contributed by atoms with van der Waals surface area (Å²) in [4.78, 5) is 30.1. The zero-order valence-electron chi connectivity index (χ0n) is 16.6. The highest BCUT2D eigenvalue weighted by Gasteiger charge is 2.46. The van der Waals surface area contributed by atoms with Gasteiger partial charge in [-0.3, -0.25) is 9.59 Å². The number of fused-ring (bicyclic) bond motifs is 4. The maximum Gasteiger partial charge on any atom is 0.224 e. The molecule has 5 heterocycles. The van der Waals surface area contributed by atoms with E-state index in [0.717, 1.165) is 63.2 Å². The Bertz CT molecular complexity index is 728. The molecule has 4 aliphatic rings. The number of nitrogens with zero attached hydrogens (tertiary/aromatic N) is 3. The van der Waals surface area contributed by atoms with Gasteiger partial charge in [0.1, 0.15) is 0 Å². The molecule has 0 aromatic carbocycles. The summed E-state index contributed by atoms with van der Waals surface area (Å²) in [6, 6.07) is 4.53. The first-order valence-corrected chi connectivity index (χ1v) is 12.1. The van der Waals surface area contributed by atoms with Gasteiger partial charge < -0.3 is 14.4 Å². The molecular formula is C22H31N3O2S. The Balaban J connectivity index is 1.31. The molecule has 2 amide bonds. The van der Waals surface area contributed by atoms with Gasteiger partial charge in [0.05, 0.1) is 12.0 Å². The third-order valence-corrected chi connectivity index (χ3v) is 8.57. The number of rotatable bonds is 3. The molecule has 4 aliphatic heterocycles. The number of aromatic nitrogens is 1. The van der Waals surface area contributed by atoms with Crippen LogP contribution in [0.3, 0.4) is 0 Å². The fraction of sp³-hybridized carbons (Fsp3) is 0.727. The first kappa shape index (κ1) is 18.6. The van der Waals surface area contributed by atoms with Gasteiger partial charge in [0.25, 0.3) is 0 Å². The summed E-state index contributed by atoms with van der Waals surface area (Å²) >= 11 is 2.01. The zero-order chi connectivity index (χ0) is 19.1. The van der Waals surface area contributed by atoms with Crippen LogP contribution in [0.25, 0.3) is 0 Å². The third-order valence-electron chi connectivity index (χ3n) is 7.59. The van der Waals surface area contributed by atoms with Gasteiger partial charge in [0.2, 0.25) is 11.8 Å². The Labute approximate surface area is 171 Å². The van der Waals surface area contributed by atoms with Crippen LogP contribution in [0.4, 0.5) is 0 Å². The van der Waals surface area contributed by atoms with Crippen LogP contribution in [-0.2, 0) is 15.1 Å². The smallest absolute Gasteiger partial charge is 0.224 e. The van der Waals surface area contributed by atoms with E-state index in [1.807, 2.05) is 11.8 Å². The van der Waals surface area contributed by atoms with Gasteiger partial charge in [-0.15, -0.1) is 0 Å². The monoisotopic (exact) mass is 401 g/mol. The lowest BCUT2D eigenvalue weighted by atomic mass is 9.75. The highest BCUT2D eigenvalue weighted by molar-refractivity contribution is 7.99. The average molecular weight is 402 g/mol. The number of hydrogen-bond acceptors (Lipinski definition) is 3. The SMILES string of the molecule is O=C(CC1(n2cccc2)CCSCC1)N1CC2CC(C1)C1CCCC(=O)N1C2. The van der Waals surface area contributed by atoms with E-state index in [1.165, 1.54) is 6.42 Å². The Morgan fingerprint density at radius 2 is 1.93 bits per heavy atom. The van der Waals surface area contributed by atoms with Crippen LogP contribution in [0.2, 0.25) is 0 Å². The van der Waals surface area contributed by atoms with E-state index in [2.05, 4.69) is 38.9 Å². The first-order chi connectivity index (χ1) is 13.6. The number of thioether (sulfide) groups is 1. The number of amides is 2. The quantitative estimate of drug-likeness (QED) is 0.782. The summed E-state index contributed by atoms with van der Waals surface area (Å²) in [5.41, 5.74) is -0.0504. The second-order valence-electron chi connectivity index (χ2n) is 9.27. The van der Waals surface area contributed by atoms with Crippen molar-refractivity contribution in [2.45, 2.75) is 56.5 Å². The number of piperidine rings is 3. The number of carbonyl (C=O) groups is 2. The molecular weight excluding hydrogens is 370 g/mol. The first-order valence-electron chi connectivity index (χ1n) is 10.9. The number of hydrogen-bond donors (Lipinski definition) is 0. The van der Waals surface area contributed by atoms with E-state index in [1.54, 1.807) is 0 Å². The Hall–Kier alpha value is -1.43. The molecule has 5 nitrogen and oxygen atoms in total. The van der Waals surface area contributed by atoms with Crippen LogP contribution in [-0.4, -0.2) is 63.4 Å². The third kappa shape index (κ3) is 3.27. The summed E-state index contributed by atoms with van der Waals surface area (Å²) in [6.45, 7) is 2.55. The summed E-state index contributed by atoms with van der Waals surface area (Å²) in [7, 11) is 0. The molecule has 4 fully saturated rings. The molecule has 0 N–H and O–H groups in total. The van der Waals surface area contributed by atoms with Crippen molar-refractivity contribution < 1.29 is 9.59 Å². The Morgan fingerprint density at radius 1 is 1.14 bits per heavy atom. The van der Waals surface area contributed by atoms with E-state index in [-0.39, 0.29) is 5.54 Å². The minimum Gasteiger partial charge on any atom is -0.348 e. The number of likely N-dealkylation sites (tertiary alicyclic amines) is 1. The summed E-state index contributed by atoms with van der Waals surface area (Å²) < 4.78 is 2.30. The normalized spacial score (nSPS) is 32.1. The lowest BCUT2D eigenvalue weighted by Crippen LogP contribution is -2.61. The molecule has 5 rings (SSSR count). The summed E-state index contributed by atoms with van der Waals surface area (Å²) in [5.74, 6) is 3.88. The van der Waals surface area contributed by atoms with Crippen molar-refractivity contribution in [1.82, 2.24) is 14.4 Å². The van der Waals surface area contributed by atoms with Crippen molar-refractivity contribution in [3.05, 3.63) is 24.5 Å². The zero-order valence-corrected chi connectivity index (χ0v) is 17.4. The van der Waals surface area contributed by atoms with Gasteiger partial charge in [-0.25, -0.2) is 0 Å². The van der Waals surface area contributed by atoms with Crippen molar-refractivity contribution in [1.29, 1.82) is 0 Å². The summed E-state index contributed by atoms with van der Waals surface area (Å²) in [6.07, 6.45) is 11.1. The van der Waals surface area contributed by atoms with Crippen LogP contribution in [0, 0.1) is 11.8 Å². The summed E-state index contributed by atoms with van der Waals surface area (Å²) in [5, 5.41) is 0. The van der Waals surface area contributed by atoms with Gasteiger partial charge in [0, 0.05) is 44.5 Å². The molecule has 0 aliphatic carbocycles. The fourth-order valence-corrected chi connectivity index (χ4v) is 7.39. The predicted octanol–water partition coefficient (Wildman–Crippen LogP) is 2.96. The van der Waals surface area contributed by atoms with Gasteiger partial charge in [-0.1, -0.05) is 0 Å². The molecule has 6 heteroatoms. The molecule has 28 heavy (non-hydrogen) atoms. The van der Waals surface area contributed by atoms with Crippen molar-refractivity contribution in [2.24, 2.45) is 11.8 Å². The van der Waals surface area contributed by atoms with Crippen molar-refractivity contribution in [3.8, 4) is 0 Å². The van der Waals surface area contributed by atoms with Crippen LogP contribution in [0.5, 0.6) is 0 Å². The van der Waals surface area contributed by atoms with Crippen LogP contribution < -0.4 is 0 Å². The molecule has 4 saturated heterocycles. The average Bonchev–Trinajstić information content (AvgIpc) is 3.25. The molecule has 0 radical (unpaired) electrons. The molecule has 1 aromatic rings. The molecule has 0 spiro atoms. The van der Waals surface area contributed by atoms with E-state index in [9.17, 15) is 9.59 Å². The lowest BCUT2D eigenvalue weighted by molar-refractivity contribution is -0.149. The second-order valence-corrected chi connectivity index (χ2v) is 10.5. The van der Waals surface area contributed by atoms with E-state index >= 15 is 0 Å². The Morgan fingerprint density at radius 3 is 2.71 bits per heavy atom. The van der Waals surface area contributed by atoms with Crippen molar-refractivity contribution in [2.75, 3.05) is 31.1 Å². The fourth-order valence-electron chi connectivity index (χ4n) is 6.14. The van der Waals surface area contributed by atoms with E-state index in [0.29, 0.717) is 36.1 Å². The van der Waals surface area contributed by atoms with Crippen LogP contribution >= 0.6 is 11.8 Å². The molecule has 0 saturated carbocycles. The molecule has 152 valence electrons. The minimum absolute atomic E-state index is 0.0504. The predicted molar refractivity (Wildman–Crippen MR) is 111 cm³/mol. The minimum atomic E-state index is -0.0504. The topological polar surface area (TPSA) is 45.6 Å². The van der Waals surface area contributed by atoms with E-state index < -0.39 is 0 Å².